The zero-order valence-electron chi connectivity index (χ0n) is 12.9. The minimum atomic E-state index is 0.517. The van der Waals surface area contributed by atoms with Crippen LogP contribution in [0.15, 0.2) is 40.8 Å². The first-order valence-electron chi connectivity index (χ1n) is 8.10. The van der Waals surface area contributed by atoms with Crippen LogP contribution in [0.3, 0.4) is 0 Å². The molecule has 116 valence electrons. The molecule has 1 aromatic carbocycles. The molecule has 0 heterocycles. The molecule has 0 saturated heterocycles. The van der Waals surface area contributed by atoms with Crippen LogP contribution in [0.1, 0.15) is 45.4 Å². The van der Waals surface area contributed by atoms with Crippen LogP contribution in [0.25, 0.3) is 0 Å². The Kier molecular flexibility index (Phi) is 7.70. The fraction of sp³-hybridized carbons (Fsp3) is 0.556. The van der Waals surface area contributed by atoms with Crippen molar-refractivity contribution in [2.24, 2.45) is 0 Å². The Morgan fingerprint density at radius 1 is 1.19 bits per heavy atom. The van der Waals surface area contributed by atoms with Crippen LogP contribution in [0, 0.1) is 0 Å². The third-order valence-corrected chi connectivity index (χ3v) is 5.25. The molecule has 0 fully saturated rings. The maximum absolute atomic E-state index is 5.95. The molecule has 1 unspecified atom stereocenters. The largest absolute Gasteiger partial charge is 0.310 e. The van der Waals surface area contributed by atoms with Crippen molar-refractivity contribution in [2.45, 2.75) is 56.4 Å². The average molecular weight is 324 g/mol. The Morgan fingerprint density at radius 3 is 2.76 bits per heavy atom. The maximum atomic E-state index is 5.95. The number of hydrogen-bond donors (Lipinski definition) is 1. The third-order valence-electron chi connectivity index (χ3n) is 3.89. The van der Waals surface area contributed by atoms with Crippen molar-refractivity contribution in [2.75, 3.05) is 12.3 Å². The highest BCUT2D eigenvalue weighted by atomic mass is 35.5. The lowest BCUT2D eigenvalue weighted by Gasteiger charge is -2.21. The van der Waals surface area contributed by atoms with Gasteiger partial charge in [0.05, 0.1) is 0 Å². The van der Waals surface area contributed by atoms with E-state index in [4.69, 9.17) is 11.6 Å². The van der Waals surface area contributed by atoms with E-state index < -0.39 is 0 Å². The predicted octanol–water partition coefficient (Wildman–Crippen LogP) is 5.69. The Balaban J connectivity index is 1.94. The van der Waals surface area contributed by atoms with Gasteiger partial charge in [-0.05, 0) is 62.9 Å². The van der Waals surface area contributed by atoms with E-state index in [0.29, 0.717) is 6.04 Å². The molecule has 3 heteroatoms. The van der Waals surface area contributed by atoms with E-state index >= 15 is 0 Å². The van der Waals surface area contributed by atoms with Crippen LogP contribution in [0.4, 0.5) is 0 Å². The average Bonchev–Trinajstić information content (AvgIpc) is 2.78. The molecule has 1 atom stereocenters. The Hall–Kier alpha value is -0.440. The molecule has 0 radical (unpaired) electrons. The number of thioether (sulfide) groups is 1. The second-order valence-electron chi connectivity index (χ2n) is 5.65. The standard InChI is InChI=1S/C18H26ClNS/c1-2-13-20-18(15-7-5-3-4-6-8-15)14-21-17-11-9-16(19)10-12-17/h7,9-12,18,20H,2-6,8,13-14H2,1H3. The van der Waals surface area contributed by atoms with E-state index in [2.05, 4.69) is 30.4 Å². The summed E-state index contributed by atoms with van der Waals surface area (Å²) in [5.74, 6) is 1.10. The Bertz CT molecular complexity index is 441. The van der Waals surface area contributed by atoms with Gasteiger partial charge in [-0.25, -0.2) is 0 Å². The van der Waals surface area contributed by atoms with E-state index in [1.165, 1.54) is 43.4 Å². The molecule has 1 aliphatic rings. The molecule has 21 heavy (non-hydrogen) atoms. The van der Waals surface area contributed by atoms with Crippen molar-refractivity contribution >= 4 is 23.4 Å². The predicted molar refractivity (Wildman–Crippen MR) is 95.4 cm³/mol. The third kappa shape index (κ3) is 6.06. The summed E-state index contributed by atoms with van der Waals surface area (Å²) in [5, 5.41) is 4.54. The van der Waals surface area contributed by atoms with Crippen LogP contribution in [0.2, 0.25) is 5.02 Å². The number of benzene rings is 1. The quantitative estimate of drug-likeness (QED) is 0.511. The summed E-state index contributed by atoms with van der Waals surface area (Å²) in [4.78, 5) is 1.30. The SMILES string of the molecule is CCCNC(CSc1ccc(Cl)cc1)C1=CCCCCC1. The van der Waals surface area contributed by atoms with Gasteiger partial charge in [0, 0.05) is 21.7 Å². The molecule has 0 amide bonds. The number of rotatable bonds is 7. The number of nitrogens with one attached hydrogen (secondary N) is 1. The highest BCUT2D eigenvalue weighted by Crippen LogP contribution is 2.26. The van der Waals surface area contributed by atoms with E-state index in [-0.39, 0.29) is 0 Å². The van der Waals surface area contributed by atoms with Crippen LogP contribution in [-0.4, -0.2) is 18.3 Å². The van der Waals surface area contributed by atoms with Gasteiger partial charge in [-0.2, -0.15) is 0 Å². The van der Waals surface area contributed by atoms with Gasteiger partial charge in [-0.3, -0.25) is 0 Å². The van der Waals surface area contributed by atoms with Crippen LogP contribution in [0.5, 0.6) is 0 Å². The summed E-state index contributed by atoms with van der Waals surface area (Å²) < 4.78 is 0. The van der Waals surface area contributed by atoms with Crippen molar-refractivity contribution in [1.82, 2.24) is 5.32 Å². The van der Waals surface area contributed by atoms with E-state index in [9.17, 15) is 0 Å². The molecular formula is C18H26ClNS. The van der Waals surface area contributed by atoms with Gasteiger partial charge in [-0.15, -0.1) is 11.8 Å². The fourth-order valence-electron chi connectivity index (χ4n) is 2.68. The van der Waals surface area contributed by atoms with Crippen molar-refractivity contribution in [3.8, 4) is 0 Å². The van der Waals surface area contributed by atoms with Gasteiger partial charge in [-0.1, -0.05) is 36.6 Å². The lowest BCUT2D eigenvalue weighted by atomic mass is 10.0. The minimum absolute atomic E-state index is 0.517. The smallest absolute Gasteiger partial charge is 0.0406 e. The van der Waals surface area contributed by atoms with Crippen LogP contribution >= 0.6 is 23.4 Å². The first kappa shape index (κ1) is 16.9. The van der Waals surface area contributed by atoms with Crippen molar-refractivity contribution in [1.29, 1.82) is 0 Å². The topological polar surface area (TPSA) is 12.0 Å². The van der Waals surface area contributed by atoms with Crippen molar-refractivity contribution in [3.63, 3.8) is 0 Å². The van der Waals surface area contributed by atoms with E-state index in [1.807, 2.05) is 23.9 Å². The highest BCUT2D eigenvalue weighted by Gasteiger charge is 2.15. The summed E-state index contributed by atoms with van der Waals surface area (Å²) in [6.45, 7) is 3.33. The second kappa shape index (κ2) is 9.55. The van der Waals surface area contributed by atoms with Crippen LogP contribution < -0.4 is 5.32 Å². The first-order valence-corrected chi connectivity index (χ1v) is 9.46. The molecule has 2 rings (SSSR count). The monoisotopic (exact) mass is 323 g/mol. The zero-order valence-corrected chi connectivity index (χ0v) is 14.5. The molecule has 0 aliphatic heterocycles. The normalized spacial score (nSPS) is 17.1. The number of halogens is 1. The molecule has 0 aromatic heterocycles. The molecule has 0 bridgehead atoms. The number of hydrogen-bond acceptors (Lipinski definition) is 2. The van der Waals surface area contributed by atoms with Crippen molar-refractivity contribution in [3.05, 3.63) is 40.9 Å². The van der Waals surface area contributed by atoms with Gasteiger partial charge in [0.25, 0.3) is 0 Å². The summed E-state index contributed by atoms with van der Waals surface area (Å²) in [6, 6.07) is 8.70. The van der Waals surface area contributed by atoms with E-state index in [1.54, 1.807) is 5.57 Å². The fourth-order valence-corrected chi connectivity index (χ4v) is 3.83. The lowest BCUT2D eigenvalue weighted by Crippen LogP contribution is -2.33. The molecule has 1 nitrogen and oxygen atoms in total. The Labute approximate surface area is 138 Å². The summed E-state index contributed by atoms with van der Waals surface area (Å²) in [7, 11) is 0. The van der Waals surface area contributed by atoms with E-state index in [0.717, 1.165) is 17.3 Å². The molecule has 0 spiro atoms. The number of allylic oxidation sites excluding steroid dienone is 1. The molecular weight excluding hydrogens is 298 g/mol. The summed E-state index contributed by atoms with van der Waals surface area (Å²) in [5.41, 5.74) is 1.63. The maximum Gasteiger partial charge on any atom is 0.0406 e. The summed E-state index contributed by atoms with van der Waals surface area (Å²) in [6.07, 6.45) is 10.3. The van der Waals surface area contributed by atoms with Gasteiger partial charge in [0.1, 0.15) is 0 Å². The molecule has 1 aromatic rings. The van der Waals surface area contributed by atoms with Gasteiger partial charge in [0.15, 0.2) is 0 Å². The first-order chi connectivity index (χ1) is 10.3. The molecule has 1 N–H and O–H groups in total. The van der Waals surface area contributed by atoms with Gasteiger partial charge >= 0.3 is 0 Å². The van der Waals surface area contributed by atoms with Crippen LogP contribution in [-0.2, 0) is 0 Å². The molecule has 0 saturated carbocycles. The molecule has 1 aliphatic carbocycles. The Morgan fingerprint density at radius 2 is 2.00 bits per heavy atom. The van der Waals surface area contributed by atoms with Gasteiger partial charge < -0.3 is 5.32 Å². The lowest BCUT2D eigenvalue weighted by molar-refractivity contribution is 0.584. The zero-order chi connectivity index (χ0) is 14.9. The minimum Gasteiger partial charge on any atom is -0.310 e. The van der Waals surface area contributed by atoms with Crippen molar-refractivity contribution < 1.29 is 0 Å². The highest BCUT2D eigenvalue weighted by molar-refractivity contribution is 7.99. The van der Waals surface area contributed by atoms with Gasteiger partial charge in [0.2, 0.25) is 0 Å². The summed E-state index contributed by atoms with van der Waals surface area (Å²) >= 11 is 7.88. The second-order valence-corrected chi connectivity index (χ2v) is 7.18.